The van der Waals surface area contributed by atoms with E-state index in [1.807, 2.05) is 0 Å². The summed E-state index contributed by atoms with van der Waals surface area (Å²) in [5, 5.41) is 18.9. The molecule has 0 radical (unpaired) electrons. The molecule has 1 aromatic carbocycles. The number of aliphatic hydroxyl groups is 2. The monoisotopic (exact) mass is 294 g/mol. The van der Waals surface area contributed by atoms with Gasteiger partial charge in [0.2, 0.25) is 0 Å². The molecular formula is C16H22O5. The molecule has 5 nitrogen and oxygen atoms in total. The van der Waals surface area contributed by atoms with Crippen LogP contribution in [-0.4, -0.2) is 40.1 Å². The van der Waals surface area contributed by atoms with Gasteiger partial charge in [-0.05, 0) is 38.1 Å². The Hall–Kier alpha value is -1.72. The van der Waals surface area contributed by atoms with Crippen LogP contribution in [0.15, 0.2) is 24.3 Å². The molecule has 0 fully saturated rings. The van der Waals surface area contributed by atoms with E-state index in [1.54, 1.807) is 13.8 Å². The molecule has 0 saturated heterocycles. The van der Waals surface area contributed by atoms with Gasteiger partial charge in [-0.15, -0.1) is 0 Å². The van der Waals surface area contributed by atoms with Crippen LogP contribution < -0.4 is 4.74 Å². The fraction of sp³-hybridized carbons (Fsp3) is 0.500. The summed E-state index contributed by atoms with van der Waals surface area (Å²) in [5.74, 6) is -0.436. The van der Waals surface area contributed by atoms with E-state index < -0.39 is 24.1 Å². The predicted octanol–water partition coefficient (Wildman–Crippen LogP) is 1.60. The molecule has 21 heavy (non-hydrogen) atoms. The highest BCUT2D eigenvalue weighted by Gasteiger charge is 2.26. The van der Waals surface area contributed by atoms with Crippen LogP contribution in [-0.2, 0) is 4.79 Å². The molecule has 0 heterocycles. The first kappa shape index (κ1) is 17.3. The summed E-state index contributed by atoms with van der Waals surface area (Å²) in [6.07, 6.45) is -0.916. The maximum Gasteiger partial charge on any atom is 0.193 e. The minimum atomic E-state index is -1.44. The molecule has 2 N–H and O–H groups in total. The van der Waals surface area contributed by atoms with Gasteiger partial charge in [0.25, 0.3) is 0 Å². The van der Waals surface area contributed by atoms with E-state index >= 15 is 0 Å². The molecule has 0 aromatic heterocycles. The highest BCUT2D eigenvalue weighted by Crippen LogP contribution is 2.18. The molecule has 1 aromatic rings. The van der Waals surface area contributed by atoms with E-state index in [0.717, 1.165) is 0 Å². The molecule has 116 valence electrons. The summed E-state index contributed by atoms with van der Waals surface area (Å²) in [7, 11) is 0. The zero-order chi connectivity index (χ0) is 16.2. The standard InChI is InChI=1S/C16H22O5/c1-10(2)14(18)13(9-17)21-12-7-5-11(6-8-12)15(19)16(3,4)20/h5-8,10,13,17,20H,9H2,1-4H3. The van der Waals surface area contributed by atoms with Crippen molar-refractivity contribution in [3.8, 4) is 5.75 Å². The van der Waals surface area contributed by atoms with Gasteiger partial charge in [0.1, 0.15) is 11.4 Å². The average molecular weight is 294 g/mol. The van der Waals surface area contributed by atoms with Gasteiger partial charge in [-0.3, -0.25) is 9.59 Å². The average Bonchev–Trinajstić information content (AvgIpc) is 2.42. The number of Topliss-reactive ketones (excluding diaryl/α,β-unsaturated/α-hetero) is 2. The molecule has 0 spiro atoms. The van der Waals surface area contributed by atoms with E-state index in [2.05, 4.69) is 0 Å². The lowest BCUT2D eigenvalue weighted by Gasteiger charge is -2.18. The van der Waals surface area contributed by atoms with E-state index in [-0.39, 0.29) is 11.7 Å². The third kappa shape index (κ3) is 4.65. The highest BCUT2D eigenvalue weighted by molar-refractivity contribution is 6.01. The SMILES string of the molecule is CC(C)C(=O)C(CO)Oc1ccc(C(=O)C(C)(C)O)cc1. The maximum atomic E-state index is 11.9. The van der Waals surface area contributed by atoms with Crippen molar-refractivity contribution >= 4 is 11.6 Å². The Labute approximate surface area is 124 Å². The fourth-order valence-corrected chi connectivity index (χ4v) is 1.76. The summed E-state index contributed by atoms with van der Waals surface area (Å²) < 4.78 is 5.43. The molecule has 0 aliphatic carbocycles. The third-order valence-electron chi connectivity index (χ3n) is 3.00. The zero-order valence-corrected chi connectivity index (χ0v) is 12.8. The van der Waals surface area contributed by atoms with Crippen molar-refractivity contribution in [2.45, 2.75) is 39.4 Å². The first-order valence-electron chi connectivity index (χ1n) is 6.85. The molecule has 1 unspecified atom stereocenters. The lowest BCUT2D eigenvalue weighted by molar-refractivity contribution is -0.130. The molecule has 0 saturated carbocycles. The molecule has 1 rings (SSSR count). The maximum absolute atomic E-state index is 11.9. The topological polar surface area (TPSA) is 83.8 Å². The molecule has 0 amide bonds. The van der Waals surface area contributed by atoms with Crippen LogP contribution in [0.5, 0.6) is 5.75 Å². The smallest absolute Gasteiger partial charge is 0.193 e. The van der Waals surface area contributed by atoms with Crippen molar-refractivity contribution in [1.82, 2.24) is 0 Å². The van der Waals surface area contributed by atoms with Crippen LogP contribution in [0.2, 0.25) is 0 Å². The molecule has 1 atom stereocenters. The van der Waals surface area contributed by atoms with Crippen molar-refractivity contribution in [1.29, 1.82) is 0 Å². The van der Waals surface area contributed by atoms with E-state index in [1.165, 1.54) is 38.1 Å². The molecular weight excluding hydrogens is 272 g/mol. The molecule has 5 heteroatoms. The lowest BCUT2D eigenvalue weighted by atomic mass is 9.97. The summed E-state index contributed by atoms with van der Waals surface area (Å²) in [6.45, 7) is 5.91. The number of ketones is 2. The summed E-state index contributed by atoms with van der Waals surface area (Å²) in [6, 6.07) is 6.11. The zero-order valence-electron chi connectivity index (χ0n) is 12.8. The van der Waals surface area contributed by atoms with E-state index in [4.69, 9.17) is 4.74 Å². The second-order valence-electron chi connectivity index (χ2n) is 5.76. The van der Waals surface area contributed by atoms with Gasteiger partial charge in [-0.2, -0.15) is 0 Å². The van der Waals surface area contributed by atoms with E-state index in [0.29, 0.717) is 11.3 Å². The van der Waals surface area contributed by atoms with Gasteiger partial charge in [-0.25, -0.2) is 0 Å². The van der Waals surface area contributed by atoms with Crippen molar-refractivity contribution in [2.24, 2.45) is 5.92 Å². The summed E-state index contributed by atoms with van der Waals surface area (Å²) >= 11 is 0. The fourth-order valence-electron chi connectivity index (χ4n) is 1.76. The number of benzene rings is 1. The van der Waals surface area contributed by atoms with Crippen molar-refractivity contribution in [3.63, 3.8) is 0 Å². The predicted molar refractivity (Wildman–Crippen MR) is 78.4 cm³/mol. The minimum absolute atomic E-state index is 0.186. The number of carbonyl (C=O) groups excluding carboxylic acids is 2. The van der Waals surface area contributed by atoms with Gasteiger partial charge in [0.05, 0.1) is 6.61 Å². The molecule has 0 aliphatic heterocycles. The Kier molecular flexibility index (Phi) is 5.63. The van der Waals surface area contributed by atoms with E-state index in [9.17, 15) is 19.8 Å². The van der Waals surface area contributed by atoms with Crippen LogP contribution in [0.3, 0.4) is 0 Å². The summed E-state index contributed by atoms with van der Waals surface area (Å²) in [5.41, 5.74) is -1.09. The van der Waals surface area contributed by atoms with Crippen molar-refractivity contribution in [2.75, 3.05) is 6.61 Å². The van der Waals surface area contributed by atoms with Crippen LogP contribution in [0, 0.1) is 5.92 Å². The van der Waals surface area contributed by atoms with Gasteiger partial charge >= 0.3 is 0 Å². The number of aliphatic hydroxyl groups excluding tert-OH is 1. The van der Waals surface area contributed by atoms with Gasteiger partial charge in [0, 0.05) is 11.5 Å². The Balaban J connectivity index is 2.83. The number of hydrogen-bond acceptors (Lipinski definition) is 5. The largest absolute Gasteiger partial charge is 0.480 e. The normalized spacial score (nSPS) is 13.1. The Morgan fingerprint density at radius 2 is 1.71 bits per heavy atom. The first-order chi connectivity index (χ1) is 9.66. The van der Waals surface area contributed by atoms with Crippen molar-refractivity contribution < 1.29 is 24.5 Å². The Morgan fingerprint density at radius 1 is 1.19 bits per heavy atom. The highest BCUT2D eigenvalue weighted by atomic mass is 16.5. The second kappa shape index (κ2) is 6.83. The number of ether oxygens (including phenoxy) is 1. The van der Waals surface area contributed by atoms with Gasteiger partial charge < -0.3 is 14.9 Å². The van der Waals surface area contributed by atoms with Crippen LogP contribution in [0.4, 0.5) is 0 Å². The molecule has 0 bridgehead atoms. The summed E-state index contributed by atoms with van der Waals surface area (Å²) in [4.78, 5) is 23.7. The lowest BCUT2D eigenvalue weighted by Crippen LogP contribution is -2.34. The first-order valence-corrected chi connectivity index (χ1v) is 6.85. The van der Waals surface area contributed by atoms with Crippen LogP contribution >= 0.6 is 0 Å². The van der Waals surface area contributed by atoms with Gasteiger partial charge in [-0.1, -0.05) is 13.8 Å². The number of hydrogen-bond donors (Lipinski definition) is 2. The second-order valence-corrected chi connectivity index (χ2v) is 5.76. The Bertz CT molecular complexity index is 496. The molecule has 0 aliphatic rings. The Morgan fingerprint density at radius 3 is 2.10 bits per heavy atom. The third-order valence-corrected chi connectivity index (χ3v) is 3.00. The van der Waals surface area contributed by atoms with Crippen molar-refractivity contribution in [3.05, 3.63) is 29.8 Å². The number of rotatable bonds is 7. The van der Waals surface area contributed by atoms with Gasteiger partial charge in [0.15, 0.2) is 17.7 Å². The van der Waals surface area contributed by atoms with Crippen LogP contribution in [0.25, 0.3) is 0 Å². The van der Waals surface area contributed by atoms with Crippen LogP contribution in [0.1, 0.15) is 38.1 Å². The quantitative estimate of drug-likeness (QED) is 0.746. The number of carbonyl (C=O) groups is 2. The minimum Gasteiger partial charge on any atom is -0.480 e.